The molecule has 2 aromatic rings. The van der Waals surface area contributed by atoms with Crippen molar-refractivity contribution in [1.82, 2.24) is 9.88 Å². The third kappa shape index (κ3) is 3.16. The Morgan fingerprint density at radius 2 is 2.05 bits per heavy atom. The molecule has 2 heterocycles. The maximum absolute atomic E-state index is 9.68. The zero-order valence-corrected chi connectivity index (χ0v) is 12.4. The molecular formula is C18H19N3O. The van der Waals surface area contributed by atoms with Crippen molar-refractivity contribution < 1.29 is 5.11 Å². The molecular weight excluding hydrogens is 274 g/mol. The van der Waals surface area contributed by atoms with Gasteiger partial charge in [0.05, 0.1) is 11.6 Å². The lowest BCUT2D eigenvalue weighted by molar-refractivity contribution is 0.214. The van der Waals surface area contributed by atoms with Crippen molar-refractivity contribution in [3.8, 4) is 6.07 Å². The van der Waals surface area contributed by atoms with Crippen molar-refractivity contribution in [1.29, 1.82) is 5.26 Å². The van der Waals surface area contributed by atoms with Crippen molar-refractivity contribution in [2.75, 3.05) is 19.7 Å². The summed E-state index contributed by atoms with van der Waals surface area (Å²) < 4.78 is 0. The molecule has 0 aliphatic carbocycles. The first-order valence-electron chi connectivity index (χ1n) is 7.52. The number of benzene rings is 1. The highest BCUT2D eigenvalue weighted by molar-refractivity contribution is 5.33. The van der Waals surface area contributed by atoms with Crippen LogP contribution in [0.2, 0.25) is 0 Å². The van der Waals surface area contributed by atoms with Gasteiger partial charge >= 0.3 is 0 Å². The van der Waals surface area contributed by atoms with Crippen LogP contribution in [0.25, 0.3) is 0 Å². The fourth-order valence-electron chi connectivity index (χ4n) is 3.26. The van der Waals surface area contributed by atoms with Gasteiger partial charge < -0.3 is 5.11 Å². The Kier molecular flexibility index (Phi) is 4.47. The highest BCUT2D eigenvalue weighted by atomic mass is 16.3. The SMILES string of the molecule is N#Cc1cccc(CN2C[C@@H](CO)[C@H](c3ccncc3)C2)c1. The van der Waals surface area contributed by atoms with Crippen LogP contribution in [0.5, 0.6) is 0 Å². The van der Waals surface area contributed by atoms with Crippen molar-refractivity contribution in [3.63, 3.8) is 0 Å². The quantitative estimate of drug-likeness (QED) is 0.938. The standard InChI is InChI=1S/C18H19N3O/c19-9-14-2-1-3-15(8-14)10-21-11-17(13-22)18(12-21)16-4-6-20-7-5-16/h1-8,17-18,22H,10-13H2/t17-,18-/m0/s1. The number of pyridine rings is 1. The topological polar surface area (TPSA) is 60.2 Å². The van der Waals surface area contributed by atoms with Crippen LogP contribution in [0.15, 0.2) is 48.8 Å². The van der Waals surface area contributed by atoms with Crippen LogP contribution >= 0.6 is 0 Å². The van der Waals surface area contributed by atoms with Gasteiger partial charge in [0.25, 0.3) is 0 Å². The average Bonchev–Trinajstić information content (AvgIpc) is 2.98. The average molecular weight is 293 g/mol. The van der Waals surface area contributed by atoms with Gasteiger partial charge in [-0.1, -0.05) is 12.1 Å². The molecule has 2 atom stereocenters. The molecule has 1 aliphatic rings. The van der Waals surface area contributed by atoms with E-state index in [1.807, 2.05) is 42.7 Å². The lowest BCUT2D eigenvalue weighted by Gasteiger charge is -2.16. The highest BCUT2D eigenvalue weighted by Gasteiger charge is 2.33. The number of rotatable bonds is 4. The minimum absolute atomic E-state index is 0.196. The molecule has 0 amide bonds. The van der Waals surface area contributed by atoms with Gasteiger partial charge in [0.1, 0.15) is 0 Å². The molecule has 1 aromatic carbocycles. The summed E-state index contributed by atoms with van der Waals surface area (Å²) in [6.07, 6.45) is 3.62. The van der Waals surface area contributed by atoms with E-state index in [2.05, 4.69) is 22.0 Å². The molecule has 0 unspecified atom stereocenters. The van der Waals surface area contributed by atoms with Gasteiger partial charge in [-0.3, -0.25) is 9.88 Å². The molecule has 4 heteroatoms. The Hall–Kier alpha value is -2.22. The first kappa shape index (κ1) is 14.7. The molecule has 3 rings (SSSR count). The third-order valence-electron chi connectivity index (χ3n) is 4.35. The second kappa shape index (κ2) is 6.69. The van der Waals surface area contributed by atoms with Crippen LogP contribution in [-0.2, 0) is 6.54 Å². The van der Waals surface area contributed by atoms with E-state index in [1.165, 1.54) is 5.56 Å². The predicted octanol–water partition coefficient (Wildman–Crippen LogP) is 2.16. The maximum atomic E-state index is 9.68. The van der Waals surface area contributed by atoms with Crippen LogP contribution in [0.3, 0.4) is 0 Å². The summed E-state index contributed by atoms with van der Waals surface area (Å²) >= 11 is 0. The van der Waals surface area contributed by atoms with E-state index in [-0.39, 0.29) is 12.5 Å². The fraction of sp³-hybridized carbons (Fsp3) is 0.333. The smallest absolute Gasteiger partial charge is 0.0991 e. The second-order valence-electron chi connectivity index (χ2n) is 5.84. The normalized spacial score (nSPS) is 21.6. The van der Waals surface area contributed by atoms with Gasteiger partial charge in [0, 0.05) is 50.5 Å². The summed E-state index contributed by atoms with van der Waals surface area (Å²) in [7, 11) is 0. The molecule has 0 radical (unpaired) electrons. The summed E-state index contributed by atoms with van der Waals surface area (Å²) in [5.41, 5.74) is 3.08. The largest absolute Gasteiger partial charge is 0.396 e. The van der Waals surface area contributed by atoms with E-state index in [1.54, 1.807) is 0 Å². The van der Waals surface area contributed by atoms with Gasteiger partial charge in [-0.2, -0.15) is 5.26 Å². The van der Waals surface area contributed by atoms with Crippen molar-refractivity contribution in [2.24, 2.45) is 5.92 Å². The first-order valence-corrected chi connectivity index (χ1v) is 7.52. The summed E-state index contributed by atoms with van der Waals surface area (Å²) in [6.45, 7) is 2.81. The molecule has 1 fully saturated rings. The molecule has 1 aromatic heterocycles. The fourth-order valence-corrected chi connectivity index (χ4v) is 3.26. The van der Waals surface area contributed by atoms with Crippen LogP contribution < -0.4 is 0 Å². The molecule has 22 heavy (non-hydrogen) atoms. The highest BCUT2D eigenvalue weighted by Crippen LogP contribution is 2.32. The van der Waals surface area contributed by atoms with Gasteiger partial charge in [0.15, 0.2) is 0 Å². The summed E-state index contributed by atoms with van der Waals surface area (Å²) in [6, 6.07) is 14.0. The Balaban J connectivity index is 1.73. The van der Waals surface area contributed by atoms with Crippen molar-refractivity contribution >= 4 is 0 Å². The second-order valence-corrected chi connectivity index (χ2v) is 5.84. The van der Waals surface area contributed by atoms with E-state index in [0.717, 1.165) is 25.2 Å². The maximum Gasteiger partial charge on any atom is 0.0991 e. The summed E-state index contributed by atoms with van der Waals surface area (Å²) in [4.78, 5) is 6.42. The molecule has 112 valence electrons. The molecule has 0 spiro atoms. The van der Waals surface area contributed by atoms with Gasteiger partial charge in [-0.05, 0) is 35.4 Å². The van der Waals surface area contributed by atoms with E-state index in [4.69, 9.17) is 5.26 Å². The molecule has 4 nitrogen and oxygen atoms in total. The number of likely N-dealkylation sites (tertiary alicyclic amines) is 1. The zero-order valence-electron chi connectivity index (χ0n) is 12.4. The number of hydrogen-bond donors (Lipinski definition) is 1. The van der Waals surface area contributed by atoms with Crippen LogP contribution in [0, 0.1) is 17.2 Å². The third-order valence-corrected chi connectivity index (χ3v) is 4.35. The number of hydrogen-bond acceptors (Lipinski definition) is 4. The Labute approximate surface area is 130 Å². The van der Waals surface area contributed by atoms with Crippen LogP contribution in [0.4, 0.5) is 0 Å². The molecule has 0 saturated carbocycles. The monoisotopic (exact) mass is 293 g/mol. The predicted molar refractivity (Wildman–Crippen MR) is 84.0 cm³/mol. The number of aliphatic hydroxyl groups is 1. The first-order chi connectivity index (χ1) is 10.8. The number of nitrogens with zero attached hydrogens (tertiary/aromatic N) is 3. The lowest BCUT2D eigenvalue weighted by atomic mass is 9.90. The van der Waals surface area contributed by atoms with Gasteiger partial charge in [-0.25, -0.2) is 0 Å². The van der Waals surface area contributed by atoms with E-state index in [0.29, 0.717) is 11.5 Å². The van der Waals surface area contributed by atoms with E-state index < -0.39 is 0 Å². The Morgan fingerprint density at radius 3 is 2.77 bits per heavy atom. The number of aliphatic hydroxyl groups excluding tert-OH is 1. The van der Waals surface area contributed by atoms with Gasteiger partial charge in [-0.15, -0.1) is 0 Å². The Morgan fingerprint density at radius 1 is 1.23 bits per heavy atom. The van der Waals surface area contributed by atoms with Gasteiger partial charge in [0.2, 0.25) is 0 Å². The lowest BCUT2D eigenvalue weighted by Crippen LogP contribution is -2.20. The summed E-state index contributed by atoms with van der Waals surface area (Å²) in [5, 5.41) is 18.7. The molecule has 1 N–H and O–H groups in total. The van der Waals surface area contributed by atoms with E-state index >= 15 is 0 Å². The Bertz CT molecular complexity index is 666. The minimum Gasteiger partial charge on any atom is -0.396 e. The zero-order chi connectivity index (χ0) is 15.4. The van der Waals surface area contributed by atoms with Crippen molar-refractivity contribution in [2.45, 2.75) is 12.5 Å². The van der Waals surface area contributed by atoms with Crippen LogP contribution in [0.1, 0.15) is 22.6 Å². The molecule has 0 bridgehead atoms. The number of nitriles is 1. The summed E-state index contributed by atoms with van der Waals surface area (Å²) in [5.74, 6) is 0.591. The number of aromatic nitrogens is 1. The molecule has 1 aliphatic heterocycles. The van der Waals surface area contributed by atoms with E-state index in [9.17, 15) is 5.11 Å². The van der Waals surface area contributed by atoms with Crippen LogP contribution in [-0.4, -0.2) is 34.7 Å². The minimum atomic E-state index is 0.196. The molecule has 1 saturated heterocycles. The van der Waals surface area contributed by atoms with Crippen molar-refractivity contribution in [3.05, 3.63) is 65.5 Å².